The molecule has 4 atom stereocenters. The van der Waals surface area contributed by atoms with E-state index in [-0.39, 0.29) is 36.8 Å². The molecule has 7 rings (SSSR count). The molecule has 5 aliphatic rings. The van der Waals surface area contributed by atoms with Gasteiger partial charge >= 0.3 is 13.1 Å². The molecule has 3 aliphatic carbocycles. The number of hydrogen-bond acceptors (Lipinski definition) is 8. The van der Waals surface area contributed by atoms with E-state index in [0.717, 1.165) is 17.5 Å². The van der Waals surface area contributed by atoms with Crippen LogP contribution in [0.4, 0.5) is 0 Å². The van der Waals surface area contributed by atoms with Gasteiger partial charge in [0.2, 0.25) is 10.0 Å². The summed E-state index contributed by atoms with van der Waals surface area (Å²) in [7, 11) is -3.94. The standard InChI is InChI=1S/C32H43BN2O7S/c1-20-21(12-13-33-41-27-16-22-15-26(31(22,5)6)32(27,7)42-33)10-11-25(28(20)29(36)40-30(2,3)4)39-23-18-35(19-23)43(37,38)24-9-8-14-34-17-24/h8-11,14,17,22-23,26-27H,12-13,15-16,18-19H2,1-7H3/t22-,26-,27+,32-/m0/s1. The van der Waals surface area contributed by atoms with Crippen LogP contribution in [-0.4, -0.2) is 67.3 Å². The first-order valence-corrected chi connectivity index (χ1v) is 16.8. The number of benzene rings is 1. The highest BCUT2D eigenvalue weighted by Crippen LogP contribution is 2.65. The normalized spacial score (nSPS) is 28.5. The summed E-state index contributed by atoms with van der Waals surface area (Å²) < 4.78 is 52.2. The second-order valence-corrected chi connectivity index (χ2v) is 16.4. The maximum atomic E-state index is 13.5. The highest BCUT2D eigenvalue weighted by molar-refractivity contribution is 7.89. The van der Waals surface area contributed by atoms with E-state index in [0.29, 0.717) is 41.3 Å². The Bertz CT molecular complexity index is 1500. The first-order valence-electron chi connectivity index (χ1n) is 15.4. The lowest BCUT2D eigenvalue weighted by Gasteiger charge is -2.64. The fourth-order valence-electron chi connectivity index (χ4n) is 7.53. The Labute approximate surface area is 255 Å². The number of carbonyl (C=O) groups excluding carboxylic acids is 1. The van der Waals surface area contributed by atoms with Crippen LogP contribution in [0.2, 0.25) is 6.32 Å². The molecular formula is C32H43BN2O7S. The molecule has 0 N–H and O–H groups in total. The van der Waals surface area contributed by atoms with Crippen molar-refractivity contribution in [2.75, 3.05) is 13.1 Å². The van der Waals surface area contributed by atoms with Crippen molar-refractivity contribution in [1.29, 1.82) is 0 Å². The summed E-state index contributed by atoms with van der Waals surface area (Å²) in [4.78, 5) is 17.5. The number of aromatic nitrogens is 1. The van der Waals surface area contributed by atoms with Crippen LogP contribution in [0.5, 0.6) is 5.75 Å². The van der Waals surface area contributed by atoms with Gasteiger partial charge in [0.1, 0.15) is 27.9 Å². The fourth-order valence-corrected chi connectivity index (χ4v) is 9.00. The Morgan fingerprint density at radius 2 is 1.91 bits per heavy atom. The summed E-state index contributed by atoms with van der Waals surface area (Å²) in [5.74, 6) is 1.14. The molecule has 5 fully saturated rings. The first-order chi connectivity index (χ1) is 20.1. The smallest absolute Gasteiger partial charge is 0.457 e. The van der Waals surface area contributed by atoms with E-state index in [1.54, 1.807) is 12.1 Å². The minimum Gasteiger partial charge on any atom is -0.487 e. The van der Waals surface area contributed by atoms with Crippen molar-refractivity contribution in [1.82, 2.24) is 9.29 Å². The molecule has 2 saturated heterocycles. The minimum absolute atomic E-state index is 0.132. The zero-order valence-electron chi connectivity index (χ0n) is 26.3. The summed E-state index contributed by atoms with van der Waals surface area (Å²) >= 11 is 0. The van der Waals surface area contributed by atoms with E-state index in [9.17, 15) is 13.2 Å². The molecule has 0 amide bonds. The van der Waals surface area contributed by atoms with Crippen LogP contribution in [0.15, 0.2) is 41.6 Å². The summed E-state index contributed by atoms with van der Waals surface area (Å²) in [6, 6.07) is 6.90. The largest absolute Gasteiger partial charge is 0.487 e. The Morgan fingerprint density at radius 3 is 2.56 bits per heavy atom. The molecule has 3 heterocycles. The molecule has 9 nitrogen and oxygen atoms in total. The zero-order valence-corrected chi connectivity index (χ0v) is 27.1. The van der Waals surface area contributed by atoms with Crippen molar-refractivity contribution in [3.05, 3.63) is 53.3 Å². The molecule has 2 aromatic rings. The average Bonchev–Trinajstić information content (AvgIpc) is 3.25. The van der Waals surface area contributed by atoms with Crippen LogP contribution in [0, 0.1) is 24.2 Å². The third-order valence-electron chi connectivity index (χ3n) is 10.2. The zero-order chi connectivity index (χ0) is 30.9. The maximum Gasteiger partial charge on any atom is 0.457 e. The second-order valence-electron chi connectivity index (χ2n) is 14.4. The Balaban J connectivity index is 1.16. The molecule has 2 bridgehead atoms. The first kappa shape index (κ1) is 30.6. The van der Waals surface area contributed by atoms with Gasteiger partial charge in [-0.15, -0.1) is 0 Å². The van der Waals surface area contributed by atoms with Crippen LogP contribution in [0.25, 0.3) is 0 Å². The molecule has 232 valence electrons. The monoisotopic (exact) mass is 610 g/mol. The summed E-state index contributed by atoms with van der Waals surface area (Å²) in [5.41, 5.74) is 1.51. The van der Waals surface area contributed by atoms with Crippen LogP contribution < -0.4 is 4.74 Å². The Kier molecular flexibility index (Phi) is 7.51. The minimum atomic E-state index is -3.65. The van der Waals surface area contributed by atoms with E-state index >= 15 is 0 Å². The third-order valence-corrected chi connectivity index (χ3v) is 12.0. The predicted octanol–water partition coefficient (Wildman–Crippen LogP) is 5.07. The third kappa shape index (κ3) is 5.40. The van der Waals surface area contributed by atoms with Gasteiger partial charge in [-0.3, -0.25) is 4.98 Å². The van der Waals surface area contributed by atoms with Gasteiger partial charge in [0.05, 0.1) is 24.8 Å². The van der Waals surface area contributed by atoms with Crippen molar-refractivity contribution < 1.29 is 32.0 Å². The topological polar surface area (TPSA) is 104 Å². The average molecular weight is 611 g/mol. The number of carbonyl (C=O) groups is 1. The van der Waals surface area contributed by atoms with Gasteiger partial charge in [-0.1, -0.05) is 19.9 Å². The molecule has 1 aromatic carbocycles. The summed E-state index contributed by atoms with van der Waals surface area (Å²) in [6.45, 7) is 14.7. The number of ether oxygens (including phenoxy) is 2. The quantitative estimate of drug-likeness (QED) is 0.302. The molecule has 11 heteroatoms. The SMILES string of the molecule is Cc1c(CCB2O[C@@H]3C[C@@H]4C[C@@H](C4(C)C)[C@]3(C)O2)ccc(OC2CN(S(=O)(=O)c3cccnc3)C2)c1C(=O)OC(C)(C)C. The van der Waals surface area contributed by atoms with Crippen LogP contribution in [0.3, 0.4) is 0 Å². The summed E-state index contributed by atoms with van der Waals surface area (Å²) in [6.07, 6.45) is 6.23. The Hall–Kier alpha value is -2.47. The van der Waals surface area contributed by atoms with E-state index in [1.807, 2.05) is 33.8 Å². The highest BCUT2D eigenvalue weighted by Gasteiger charge is 2.67. The Morgan fingerprint density at radius 1 is 1.16 bits per heavy atom. The van der Waals surface area contributed by atoms with Crippen molar-refractivity contribution in [2.24, 2.45) is 17.3 Å². The number of pyridine rings is 1. The number of rotatable bonds is 8. The molecule has 3 saturated carbocycles. The molecule has 0 spiro atoms. The van der Waals surface area contributed by atoms with E-state index < -0.39 is 27.7 Å². The molecule has 1 aromatic heterocycles. The van der Waals surface area contributed by atoms with Crippen molar-refractivity contribution >= 4 is 23.1 Å². The van der Waals surface area contributed by atoms with Crippen molar-refractivity contribution in [2.45, 2.75) is 102 Å². The predicted molar refractivity (Wildman–Crippen MR) is 162 cm³/mol. The van der Waals surface area contributed by atoms with Gasteiger partial charge in [0.25, 0.3) is 0 Å². The van der Waals surface area contributed by atoms with Crippen LogP contribution >= 0.6 is 0 Å². The molecule has 43 heavy (non-hydrogen) atoms. The van der Waals surface area contributed by atoms with Crippen LogP contribution in [-0.2, 0) is 30.5 Å². The lowest BCUT2D eigenvalue weighted by molar-refractivity contribution is -0.199. The number of hydrogen-bond donors (Lipinski definition) is 0. The van der Waals surface area contributed by atoms with Gasteiger partial charge in [-0.05, 0) is 107 Å². The number of nitrogens with zero attached hydrogens (tertiary/aromatic N) is 2. The molecule has 2 aliphatic heterocycles. The number of sulfonamides is 1. The number of esters is 1. The lowest BCUT2D eigenvalue weighted by atomic mass is 9.43. The lowest BCUT2D eigenvalue weighted by Crippen LogP contribution is -2.65. The van der Waals surface area contributed by atoms with E-state index in [4.69, 9.17) is 18.8 Å². The van der Waals surface area contributed by atoms with Crippen LogP contribution in [0.1, 0.15) is 75.9 Å². The molecule has 0 radical (unpaired) electrons. The highest BCUT2D eigenvalue weighted by atomic mass is 32.2. The maximum absolute atomic E-state index is 13.5. The van der Waals surface area contributed by atoms with Crippen molar-refractivity contribution in [3.63, 3.8) is 0 Å². The molecular weight excluding hydrogens is 567 g/mol. The van der Waals surface area contributed by atoms with Gasteiger partial charge in [0, 0.05) is 12.4 Å². The van der Waals surface area contributed by atoms with Gasteiger partial charge in [0.15, 0.2) is 0 Å². The van der Waals surface area contributed by atoms with Gasteiger partial charge < -0.3 is 18.8 Å². The second kappa shape index (κ2) is 10.6. The van der Waals surface area contributed by atoms with Crippen molar-refractivity contribution in [3.8, 4) is 5.75 Å². The fraction of sp³-hybridized carbons (Fsp3) is 0.625. The number of aryl methyl sites for hydroxylation is 1. The van der Waals surface area contributed by atoms with E-state index in [1.165, 1.54) is 29.2 Å². The van der Waals surface area contributed by atoms with Gasteiger partial charge in [-0.2, -0.15) is 4.31 Å². The van der Waals surface area contributed by atoms with Gasteiger partial charge in [-0.25, -0.2) is 13.2 Å². The molecule has 0 unspecified atom stereocenters. The summed E-state index contributed by atoms with van der Waals surface area (Å²) in [5, 5.41) is 0. The van der Waals surface area contributed by atoms with E-state index in [2.05, 4.69) is 25.8 Å².